The number of sulfonamides is 1. The zero-order chi connectivity index (χ0) is 14.0. The molecule has 2 unspecified atom stereocenters. The first-order valence-corrected chi connectivity index (χ1v) is 9.03. The zero-order valence-corrected chi connectivity index (χ0v) is 13.4. The Balaban J connectivity index is 2.33. The lowest BCUT2D eigenvalue weighted by molar-refractivity contribution is 0.202. The molecule has 0 aromatic carbocycles. The van der Waals surface area contributed by atoms with Crippen molar-refractivity contribution in [3.8, 4) is 0 Å². The number of hydrogen-bond acceptors (Lipinski definition) is 4. The molecule has 0 radical (unpaired) electrons. The highest BCUT2D eigenvalue weighted by atomic mass is 32.2. The maximum absolute atomic E-state index is 12.8. The van der Waals surface area contributed by atoms with Gasteiger partial charge in [0.15, 0.2) is 0 Å². The van der Waals surface area contributed by atoms with Crippen LogP contribution >= 0.6 is 11.3 Å². The van der Waals surface area contributed by atoms with Crippen LogP contribution in [0.2, 0.25) is 0 Å². The Morgan fingerprint density at radius 3 is 2.89 bits per heavy atom. The van der Waals surface area contributed by atoms with Crippen molar-refractivity contribution in [3.63, 3.8) is 0 Å². The molecule has 19 heavy (non-hydrogen) atoms. The van der Waals surface area contributed by atoms with Gasteiger partial charge in [-0.1, -0.05) is 6.92 Å². The fourth-order valence-corrected chi connectivity index (χ4v) is 5.81. The van der Waals surface area contributed by atoms with E-state index < -0.39 is 10.0 Å². The fraction of sp³-hybridized carbons (Fsp3) is 0.692. The van der Waals surface area contributed by atoms with Gasteiger partial charge in [0.25, 0.3) is 0 Å². The van der Waals surface area contributed by atoms with Crippen LogP contribution in [0.25, 0.3) is 0 Å². The molecular weight excluding hydrogens is 280 g/mol. The van der Waals surface area contributed by atoms with E-state index in [1.54, 1.807) is 10.4 Å². The Labute approximate surface area is 119 Å². The highest BCUT2D eigenvalue weighted by Crippen LogP contribution is 2.31. The van der Waals surface area contributed by atoms with E-state index in [1.807, 2.05) is 19.4 Å². The predicted molar refractivity (Wildman–Crippen MR) is 78.8 cm³/mol. The zero-order valence-electron chi connectivity index (χ0n) is 11.7. The molecule has 1 fully saturated rings. The van der Waals surface area contributed by atoms with E-state index in [2.05, 4.69) is 12.2 Å². The summed E-state index contributed by atoms with van der Waals surface area (Å²) in [6, 6.07) is 1.82. The molecule has 2 heterocycles. The lowest BCUT2D eigenvalue weighted by Crippen LogP contribution is -2.46. The molecule has 2 rings (SSSR count). The third-order valence-corrected chi connectivity index (χ3v) is 7.07. The predicted octanol–water partition coefficient (Wildman–Crippen LogP) is 2.28. The fourth-order valence-electron chi connectivity index (χ4n) is 2.61. The van der Waals surface area contributed by atoms with E-state index in [-0.39, 0.29) is 6.04 Å². The third kappa shape index (κ3) is 2.86. The van der Waals surface area contributed by atoms with Crippen LogP contribution < -0.4 is 5.32 Å². The van der Waals surface area contributed by atoms with Gasteiger partial charge in [-0.3, -0.25) is 0 Å². The normalized spacial score (nSPS) is 25.6. The molecule has 0 spiro atoms. The maximum Gasteiger partial charge on any atom is 0.244 e. The van der Waals surface area contributed by atoms with Crippen LogP contribution in [-0.2, 0) is 16.6 Å². The molecule has 108 valence electrons. The van der Waals surface area contributed by atoms with Crippen molar-refractivity contribution < 1.29 is 8.42 Å². The van der Waals surface area contributed by atoms with Gasteiger partial charge in [0, 0.05) is 24.0 Å². The van der Waals surface area contributed by atoms with Gasteiger partial charge in [0.1, 0.15) is 0 Å². The molecule has 6 heteroatoms. The number of thiophene rings is 1. The summed E-state index contributed by atoms with van der Waals surface area (Å²) in [7, 11) is -1.51. The number of rotatable bonds is 4. The molecule has 2 atom stereocenters. The van der Waals surface area contributed by atoms with Crippen molar-refractivity contribution in [2.45, 2.75) is 44.2 Å². The highest BCUT2D eigenvalue weighted by Gasteiger charge is 2.35. The van der Waals surface area contributed by atoms with Gasteiger partial charge in [-0.25, -0.2) is 8.42 Å². The number of nitrogens with one attached hydrogen (secondary N) is 1. The number of hydrogen-bond donors (Lipinski definition) is 1. The van der Waals surface area contributed by atoms with E-state index in [9.17, 15) is 8.42 Å². The first-order chi connectivity index (χ1) is 8.98. The Bertz CT molecular complexity index is 525. The SMILES string of the molecule is CNCc1sccc1S(=O)(=O)N1CCCC(C)C1C. The monoisotopic (exact) mass is 302 g/mol. The molecule has 0 bridgehead atoms. The molecule has 1 aromatic rings. The highest BCUT2D eigenvalue weighted by molar-refractivity contribution is 7.89. The molecule has 0 saturated carbocycles. The second kappa shape index (κ2) is 5.91. The van der Waals surface area contributed by atoms with Crippen molar-refractivity contribution in [2.24, 2.45) is 5.92 Å². The van der Waals surface area contributed by atoms with Crippen molar-refractivity contribution in [1.82, 2.24) is 9.62 Å². The molecule has 0 aliphatic carbocycles. The average molecular weight is 302 g/mol. The first kappa shape index (κ1) is 15.0. The lowest BCUT2D eigenvalue weighted by atomic mass is 9.94. The van der Waals surface area contributed by atoms with Crippen LogP contribution in [0.4, 0.5) is 0 Å². The molecule has 1 N–H and O–H groups in total. The molecule has 1 aliphatic heterocycles. The summed E-state index contributed by atoms with van der Waals surface area (Å²) in [6.07, 6.45) is 2.07. The van der Waals surface area contributed by atoms with Gasteiger partial charge in [-0.2, -0.15) is 4.31 Å². The second-order valence-electron chi connectivity index (χ2n) is 5.21. The van der Waals surface area contributed by atoms with Crippen LogP contribution in [-0.4, -0.2) is 32.4 Å². The number of nitrogens with zero attached hydrogens (tertiary/aromatic N) is 1. The summed E-state index contributed by atoms with van der Waals surface area (Å²) in [4.78, 5) is 1.38. The second-order valence-corrected chi connectivity index (χ2v) is 8.07. The van der Waals surface area contributed by atoms with Crippen LogP contribution in [0.5, 0.6) is 0 Å². The summed E-state index contributed by atoms with van der Waals surface area (Å²) in [5.74, 6) is 0.426. The lowest BCUT2D eigenvalue weighted by Gasteiger charge is -2.36. The quantitative estimate of drug-likeness (QED) is 0.928. The molecule has 1 aliphatic rings. The maximum atomic E-state index is 12.8. The summed E-state index contributed by atoms with van der Waals surface area (Å²) in [5.41, 5.74) is 0. The minimum Gasteiger partial charge on any atom is -0.315 e. The van der Waals surface area contributed by atoms with E-state index in [0.717, 1.165) is 17.7 Å². The standard InChI is InChI=1S/C13H22N2O2S2/c1-10-5-4-7-15(11(10)2)19(16,17)13-6-8-18-12(13)9-14-3/h6,8,10-11,14H,4-5,7,9H2,1-3H3. The largest absolute Gasteiger partial charge is 0.315 e. The first-order valence-electron chi connectivity index (χ1n) is 6.71. The Hall–Kier alpha value is -0.430. The van der Waals surface area contributed by atoms with Gasteiger partial charge in [-0.05, 0) is 44.2 Å². The Kier molecular flexibility index (Phi) is 4.66. The van der Waals surface area contributed by atoms with Crippen LogP contribution in [0.3, 0.4) is 0 Å². The Morgan fingerprint density at radius 1 is 1.47 bits per heavy atom. The average Bonchev–Trinajstić information content (AvgIpc) is 2.82. The summed E-state index contributed by atoms with van der Waals surface area (Å²) in [6.45, 7) is 5.40. The van der Waals surface area contributed by atoms with Crippen LogP contribution in [0.15, 0.2) is 16.3 Å². The molecule has 4 nitrogen and oxygen atoms in total. The van der Waals surface area contributed by atoms with Gasteiger partial charge < -0.3 is 5.32 Å². The van der Waals surface area contributed by atoms with Gasteiger partial charge in [0.05, 0.1) is 4.90 Å². The van der Waals surface area contributed by atoms with Crippen molar-refractivity contribution >= 4 is 21.4 Å². The van der Waals surface area contributed by atoms with E-state index in [1.165, 1.54) is 11.3 Å². The molecule has 0 amide bonds. The smallest absolute Gasteiger partial charge is 0.244 e. The van der Waals surface area contributed by atoms with Gasteiger partial charge in [-0.15, -0.1) is 11.3 Å². The molecule has 1 aromatic heterocycles. The molecule has 1 saturated heterocycles. The van der Waals surface area contributed by atoms with E-state index in [4.69, 9.17) is 0 Å². The molecular formula is C13H22N2O2S2. The van der Waals surface area contributed by atoms with Crippen LogP contribution in [0.1, 0.15) is 31.6 Å². The van der Waals surface area contributed by atoms with Crippen molar-refractivity contribution in [2.75, 3.05) is 13.6 Å². The summed E-state index contributed by atoms with van der Waals surface area (Å²) < 4.78 is 27.3. The van der Waals surface area contributed by atoms with Gasteiger partial charge in [0.2, 0.25) is 10.0 Å². The summed E-state index contributed by atoms with van der Waals surface area (Å²) in [5, 5.41) is 4.89. The van der Waals surface area contributed by atoms with E-state index >= 15 is 0 Å². The Morgan fingerprint density at radius 2 is 2.21 bits per heavy atom. The van der Waals surface area contributed by atoms with Crippen LogP contribution in [0, 0.1) is 5.92 Å². The third-order valence-electron chi connectivity index (χ3n) is 3.94. The minimum atomic E-state index is -3.35. The summed E-state index contributed by atoms with van der Waals surface area (Å²) >= 11 is 1.50. The van der Waals surface area contributed by atoms with Crippen molar-refractivity contribution in [1.29, 1.82) is 0 Å². The van der Waals surface area contributed by atoms with Gasteiger partial charge >= 0.3 is 0 Å². The topological polar surface area (TPSA) is 49.4 Å². The number of piperidine rings is 1. The van der Waals surface area contributed by atoms with Crippen molar-refractivity contribution in [3.05, 3.63) is 16.3 Å². The van der Waals surface area contributed by atoms with E-state index in [0.29, 0.717) is 23.9 Å². The minimum absolute atomic E-state index is 0.0843.